The van der Waals surface area contributed by atoms with E-state index in [0.29, 0.717) is 5.75 Å². The third-order valence-electron chi connectivity index (χ3n) is 6.03. The van der Waals surface area contributed by atoms with E-state index in [9.17, 15) is 5.11 Å². The molecule has 0 radical (unpaired) electrons. The van der Waals surface area contributed by atoms with Gasteiger partial charge in [0.15, 0.2) is 0 Å². The molecule has 0 fully saturated rings. The Hall–Kier alpha value is -2.80. The van der Waals surface area contributed by atoms with Crippen LogP contribution in [0.25, 0.3) is 21.5 Å². The van der Waals surface area contributed by atoms with Crippen molar-refractivity contribution in [2.45, 2.75) is 51.9 Å². The maximum atomic E-state index is 10.6. The second-order valence-corrected chi connectivity index (χ2v) is 9.81. The van der Waals surface area contributed by atoms with Crippen LogP contribution < -0.4 is 0 Å². The highest BCUT2D eigenvalue weighted by atomic mass is 16.3. The molecular weight excluding hydrogens is 352 g/mol. The summed E-state index contributed by atoms with van der Waals surface area (Å²) in [6.07, 6.45) is 0.937. The molecule has 0 heterocycles. The van der Waals surface area contributed by atoms with Crippen LogP contribution in [-0.2, 0) is 17.3 Å². The van der Waals surface area contributed by atoms with Crippen molar-refractivity contribution in [2.75, 3.05) is 0 Å². The molecule has 148 valence electrons. The number of phenols is 1. The molecule has 0 unspecified atom stereocenters. The SMILES string of the molecule is CC(C)(C)c1c(O)ccc2c(CC(C)(C)c3cccc4ccccc34)cccc12. The highest BCUT2D eigenvalue weighted by Crippen LogP contribution is 2.40. The number of rotatable bonds is 3. The topological polar surface area (TPSA) is 20.2 Å². The predicted molar refractivity (Wildman–Crippen MR) is 125 cm³/mol. The third-order valence-corrected chi connectivity index (χ3v) is 6.03. The van der Waals surface area contributed by atoms with Crippen LogP contribution in [0, 0.1) is 0 Å². The lowest BCUT2D eigenvalue weighted by Gasteiger charge is -2.29. The van der Waals surface area contributed by atoms with Gasteiger partial charge in [0.1, 0.15) is 5.75 Å². The summed E-state index contributed by atoms with van der Waals surface area (Å²) in [5.41, 5.74) is 3.59. The van der Waals surface area contributed by atoms with Crippen LogP contribution in [0.15, 0.2) is 72.8 Å². The summed E-state index contributed by atoms with van der Waals surface area (Å²) in [5, 5.41) is 15.6. The molecule has 0 spiro atoms. The van der Waals surface area contributed by atoms with Crippen molar-refractivity contribution in [1.82, 2.24) is 0 Å². The maximum Gasteiger partial charge on any atom is 0.119 e. The van der Waals surface area contributed by atoms with E-state index in [1.54, 1.807) is 0 Å². The molecule has 0 atom stereocenters. The fourth-order valence-corrected chi connectivity index (χ4v) is 4.74. The van der Waals surface area contributed by atoms with Crippen LogP contribution >= 0.6 is 0 Å². The summed E-state index contributed by atoms with van der Waals surface area (Å²) in [6, 6.07) is 25.7. The van der Waals surface area contributed by atoms with Gasteiger partial charge in [-0.1, -0.05) is 101 Å². The Morgan fingerprint density at radius 1 is 0.655 bits per heavy atom. The summed E-state index contributed by atoms with van der Waals surface area (Å²) in [6.45, 7) is 11.1. The Bertz CT molecular complexity index is 1190. The van der Waals surface area contributed by atoms with Crippen molar-refractivity contribution in [3.05, 3.63) is 89.5 Å². The fraction of sp³-hybridized carbons (Fsp3) is 0.286. The molecule has 4 aromatic rings. The molecular formula is C28H30O. The minimum Gasteiger partial charge on any atom is -0.508 e. The zero-order valence-corrected chi connectivity index (χ0v) is 18.1. The smallest absolute Gasteiger partial charge is 0.119 e. The van der Waals surface area contributed by atoms with Crippen molar-refractivity contribution in [3.8, 4) is 5.75 Å². The monoisotopic (exact) mass is 382 g/mol. The number of aromatic hydroxyl groups is 1. The van der Waals surface area contributed by atoms with Gasteiger partial charge in [-0.05, 0) is 56.0 Å². The zero-order chi connectivity index (χ0) is 20.8. The number of hydrogen-bond acceptors (Lipinski definition) is 1. The van der Waals surface area contributed by atoms with Gasteiger partial charge in [-0.25, -0.2) is 0 Å². The van der Waals surface area contributed by atoms with Gasteiger partial charge in [0.05, 0.1) is 0 Å². The van der Waals surface area contributed by atoms with Gasteiger partial charge in [0.25, 0.3) is 0 Å². The summed E-state index contributed by atoms with van der Waals surface area (Å²) >= 11 is 0. The number of phenolic OH excluding ortho intramolecular Hbond substituents is 1. The van der Waals surface area contributed by atoms with Gasteiger partial charge >= 0.3 is 0 Å². The van der Waals surface area contributed by atoms with Crippen LogP contribution in [0.1, 0.15) is 51.3 Å². The van der Waals surface area contributed by atoms with E-state index in [2.05, 4.69) is 101 Å². The molecule has 0 saturated carbocycles. The molecule has 1 N–H and O–H groups in total. The molecule has 0 aromatic heterocycles. The molecule has 0 aliphatic rings. The van der Waals surface area contributed by atoms with Crippen molar-refractivity contribution in [1.29, 1.82) is 0 Å². The molecule has 1 heteroatoms. The maximum absolute atomic E-state index is 10.6. The van der Waals surface area contributed by atoms with E-state index in [0.717, 1.165) is 17.4 Å². The van der Waals surface area contributed by atoms with E-state index >= 15 is 0 Å². The highest BCUT2D eigenvalue weighted by Gasteiger charge is 2.26. The van der Waals surface area contributed by atoms with E-state index in [1.807, 2.05) is 6.07 Å². The molecule has 0 amide bonds. The second kappa shape index (κ2) is 6.91. The molecule has 0 aliphatic carbocycles. The first-order valence-electron chi connectivity index (χ1n) is 10.4. The predicted octanol–water partition coefficient (Wildman–Crippen LogP) is 7.52. The van der Waals surface area contributed by atoms with Crippen molar-refractivity contribution in [3.63, 3.8) is 0 Å². The van der Waals surface area contributed by atoms with Crippen LogP contribution in [0.3, 0.4) is 0 Å². The van der Waals surface area contributed by atoms with E-state index in [-0.39, 0.29) is 10.8 Å². The average molecular weight is 383 g/mol. The van der Waals surface area contributed by atoms with E-state index in [4.69, 9.17) is 0 Å². The normalized spacial score (nSPS) is 12.6. The van der Waals surface area contributed by atoms with Gasteiger partial charge in [-0.15, -0.1) is 0 Å². The summed E-state index contributed by atoms with van der Waals surface area (Å²) in [5.74, 6) is 0.385. The Kier molecular flexibility index (Phi) is 4.65. The molecule has 4 rings (SSSR count). The lowest BCUT2D eigenvalue weighted by Crippen LogP contribution is -2.21. The Morgan fingerprint density at radius 2 is 1.31 bits per heavy atom. The number of hydrogen-bond donors (Lipinski definition) is 1. The summed E-state index contributed by atoms with van der Waals surface area (Å²) < 4.78 is 0. The van der Waals surface area contributed by atoms with Gasteiger partial charge < -0.3 is 5.11 Å². The van der Waals surface area contributed by atoms with Gasteiger partial charge in [0, 0.05) is 5.56 Å². The molecule has 1 nitrogen and oxygen atoms in total. The minimum atomic E-state index is -0.118. The van der Waals surface area contributed by atoms with E-state index < -0.39 is 0 Å². The Morgan fingerprint density at radius 3 is 2.07 bits per heavy atom. The number of benzene rings is 4. The van der Waals surface area contributed by atoms with Crippen LogP contribution in [-0.4, -0.2) is 5.11 Å². The Labute approximate surface area is 174 Å². The quantitative estimate of drug-likeness (QED) is 0.388. The van der Waals surface area contributed by atoms with Crippen molar-refractivity contribution >= 4 is 21.5 Å². The van der Waals surface area contributed by atoms with Gasteiger partial charge in [-0.2, -0.15) is 0 Å². The molecule has 0 saturated heterocycles. The first kappa shape index (κ1) is 19.5. The van der Waals surface area contributed by atoms with Gasteiger partial charge in [0.2, 0.25) is 0 Å². The van der Waals surface area contributed by atoms with Gasteiger partial charge in [-0.3, -0.25) is 0 Å². The Balaban J connectivity index is 1.86. The molecule has 29 heavy (non-hydrogen) atoms. The van der Waals surface area contributed by atoms with Crippen LogP contribution in [0.5, 0.6) is 5.75 Å². The summed E-state index contributed by atoms with van der Waals surface area (Å²) in [7, 11) is 0. The highest BCUT2D eigenvalue weighted by molar-refractivity contribution is 5.92. The van der Waals surface area contributed by atoms with E-state index in [1.165, 1.54) is 27.3 Å². The molecule has 4 aromatic carbocycles. The number of fused-ring (bicyclic) bond motifs is 2. The average Bonchev–Trinajstić information content (AvgIpc) is 2.66. The van der Waals surface area contributed by atoms with Crippen molar-refractivity contribution in [2.24, 2.45) is 0 Å². The summed E-state index contributed by atoms with van der Waals surface area (Å²) in [4.78, 5) is 0. The fourth-order valence-electron chi connectivity index (χ4n) is 4.74. The van der Waals surface area contributed by atoms with Crippen LogP contribution in [0.2, 0.25) is 0 Å². The first-order chi connectivity index (χ1) is 13.7. The largest absolute Gasteiger partial charge is 0.508 e. The standard InChI is InChI=1S/C28H30O/c1-27(2,3)26-23-14-8-12-20(21(23)16-17-25(26)29)18-28(4,5)24-15-9-11-19-10-6-7-13-22(19)24/h6-17,29H,18H2,1-5H3. The lowest BCUT2D eigenvalue weighted by molar-refractivity contribution is 0.449. The molecule has 0 bridgehead atoms. The lowest BCUT2D eigenvalue weighted by atomic mass is 9.75. The van der Waals surface area contributed by atoms with Crippen LogP contribution in [0.4, 0.5) is 0 Å². The second-order valence-electron chi connectivity index (χ2n) is 9.81. The zero-order valence-electron chi connectivity index (χ0n) is 18.1. The third kappa shape index (κ3) is 3.51. The molecule has 0 aliphatic heterocycles. The first-order valence-corrected chi connectivity index (χ1v) is 10.4. The van der Waals surface area contributed by atoms with Crippen molar-refractivity contribution < 1.29 is 5.11 Å². The minimum absolute atomic E-state index is 0.0189.